The molecule has 1 heterocycles. The van der Waals surface area contributed by atoms with Gasteiger partial charge in [0, 0.05) is 32.9 Å². The van der Waals surface area contributed by atoms with Crippen molar-refractivity contribution in [2.24, 2.45) is 5.92 Å². The van der Waals surface area contributed by atoms with Gasteiger partial charge in [-0.3, -0.25) is 0 Å². The van der Waals surface area contributed by atoms with E-state index in [1.807, 2.05) is 13.8 Å². The van der Waals surface area contributed by atoms with Crippen molar-refractivity contribution in [1.29, 1.82) is 0 Å². The third-order valence-corrected chi connectivity index (χ3v) is 3.72. The smallest absolute Gasteiger partial charge is 0.174 e. The number of hydrazine groups is 1. The van der Waals surface area contributed by atoms with Crippen molar-refractivity contribution in [1.82, 2.24) is 10.4 Å². The molecule has 1 N–H and O–H groups in total. The van der Waals surface area contributed by atoms with Crippen LogP contribution in [0.25, 0.3) is 0 Å². The first kappa shape index (κ1) is 17.9. The maximum Gasteiger partial charge on any atom is 0.174 e. The highest BCUT2D eigenvalue weighted by Crippen LogP contribution is 2.19. The van der Waals surface area contributed by atoms with Gasteiger partial charge in [0.05, 0.1) is 12.6 Å². The van der Waals surface area contributed by atoms with E-state index in [-0.39, 0.29) is 12.3 Å². The molecule has 1 rings (SSSR count). The molecule has 5 heteroatoms. The molecule has 0 radical (unpaired) electrons. The molecule has 0 saturated carbocycles. The molecule has 0 aromatic carbocycles. The first-order chi connectivity index (χ1) is 9.63. The van der Waals surface area contributed by atoms with Gasteiger partial charge >= 0.3 is 0 Å². The van der Waals surface area contributed by atoms with Crippen LogP contribution < -0.4 is 5.43 Å². The Kier molecular flexibility index (Phi) is 8.64. The third kappa shape index (κ3) is 5.30. The summed E-state index contributed by atoms with van der Waals surface area (Å²) in [5, 5.41) is 2.30. The van der Waals surface area contributed by atoms with Gasteiger partial charge in [0.15, 0.2) is 6.29 Å². The minimum atomic E-state index is -0.200. The number of nitrogens with one attached hydrogen (secondary N) is 1. The summed E-state index contributed by atoms with van der Waals surface area (Å²) in [5.74, 6) is 0.432. The van der Waals surface area contributed by atoms with Crippen molar-refractivity contribution < 1.29 is 14.2 Å². The summed E-state index contributed by atoms with van der Waals surface area (Å²) in [7, 11) is 1.76. The van der Waals surface area contributed by atoms with Gasteiger partial charge in [-0.2, -0.15) is 0 Å². The van der Waals surface area contributed by atoms with Crippen molar-refractivity contribution in [2.45, 2.75) is 58.9 Å². The third-order valence-electron chi connectivity index (χ3n) is 3.72. The highest BCUT2D eigenvalue weighted by molar-refractivity contribution is 4.81. The summed E-state index contributed by atoms with van der Waals surface area (Å²) >= 11 is 0. The van der Waals surface area contributed by atoms with E-state index in [0.717, 1.165) is 13.2 Å². The first-order valence-corrected chi connectivity index (χ1v) is 7.88. The quantitative estimate of drug-likeness (QED) is 0.623. The zero-order valence-electron chi connectivity index (χ0n) is 13.7. The molecule has 5 nitrogen and oxygen atoms in total. The molecule has 2 atom stereocenters. The monoisotopic (exact) mass is 288 g/mol. The average molecular weight is 288 g/mol. The van der Waals surface area contributed by atoms with Crippen LogP contribution in [-0.4, -0.2) is 56.9 Å². The molecule has 20 heavy (non-hydrogen) atoms. The van der Waals surface area contributed by atoms with E-state index >= 15 is 0 Å². The lowest BCUT2D eigenvalue weighted by Crippen LogP contribution is -2.56. The molecule has 1 saturated heterocycles. The largest absolute Gasteiger partial charge is 0.383 e. The second-order valence-corrected chi connectivity index (χ2v) is 5.62. The number of nitrogens with zero attached hydrogens (tertiary/aromatic N) is 1. The van der Waals surface area contributed by atoms with E-state index in [0.29, 0.717) is 25.2 Å². The molecule has 1 fully saturated rings. The maximum absolute atomic E-state index is 5.77. The van der Waals surface area contributed by atoms with E-state index in [2.05, 4.69) is 24.3 Å². The molecule has 1 aliphatic rings. The maximum atomic E-state index is 5.77. The van der Waals surface area contributed by atoms with Crippen LogP contribution in [-0.2, 0) is 14.2 Å². The number of hydrogen-bond donors (Lipinski definition) is 1. The molecular weight excluding hydrogens is 256 g/mol. The Morgan fingerprint density at radius 2 is 1.85 bits per heavy atom. The Labute approximate surface area is 123 Å². The molecule has 0 spiro atoms. The van der Waals surface area contributed by atoms with Gasteiger partial charge in [0.25, 0.3) is 0 Å². The van der Waals surface area contributed by atoms with Crippen LogP contribution in [0.2, 0.25) is 0 Å². The van der Waals surface area contributed by atoms with Crippen molar-refractivity contribution in [3.8, 4) is 0 Å². The highest BCUT2D eigenvalue weighted by Gasteiger charge is 2.32. The van der Waals surface area contributed by atoms with Crippen molar-refractivity contribution in [3.05, 3.63) is 0 Å². The molecule has 1 aliphatic heterocycles. The number of rotatable bonds is 10. The first-order valence-electron chi connectivity index (χ1n) is 7.88. The fourth-order valence-electron chi connectivity index (χ4n) is 2.67. The Morgan fingerprint density at radius 3 is 2.35 bits per heavy atom. The minimum Gasteiger partial charge on any atom is -0.383 e. The molecule has 0 aromatic heterocycles. The van der Waals surface area contributed by atoms with Crippen LogP contribution in [0.4, 0.5) is 0 Å². The zero-order chi connectivity index (χ0) is 15.0. The van der Waals surface area contributed by atoms with Gasteiger partial charge in [0.2, 0.25) is 0 Å². The summed E-state index contributed by atoms with van der Waals surface area (Å²) in [6.07, 6.45) is 2.19. The molecule has 0 amide bonds. The fraction of sp³-hybridized carbons (Fsp3) is 1.00. The van der Waals surface area contributed by atoms with E-state index in [4.69, 9.17) is 14.2 Å². The standard InChI is InChI=1S/C15H32N2O3/c1-6-19-15(20-7-2)14(12(3)4)16-17-10-8-9-13(17)11-18-5/h12-16H,6-11H2,1-5H3/t13-,14+/m0/s1. The Balaban J connectivity index is 2.64. The zero-order valence-corrected chi connectivity index (χ0v) is 13.7. The molecule has 0 bridgehead atoms. The summed E-state index contributed by atoms with van der Waals surface area (Å²) in [5.41, 5.74) is 3.62. The number of methoxy groups -OCH3 is 1. The van der Waals surface area contributed by atoms with E-state index in [1.165, 1.54) is 12.8 Å². The van der Waals surface area contributed by atoms with Crippen LogP contribution in [0.3, 0.4) is 0 Å². The second-order valence-electron chi connectivity index (χ2n) is 5.62. The van der Waals surface area contributed by atoms with Gasteiger partial charge < -0.3 is 14.2 Å². The molecular formula is C15H32N2O3. The normalized spacial score (nSPS) is 22.1. The molecule has 0 aliphatic carbocycles. The highest BCUT2D eigenvalue weighted by atomic mass is 16.7. The SMILES string of the molecule is CCOC(OCC)[C@H](NN1CCC[C@H]1COC)C(C)C. The summed E-state index contributed by atoms with van der Waals surface area (Å²) in [4.78, 5) is 0. The minimum absolute atomic E-state index is 0.160. The summed E-state index contributed by atoms with van der Waals surface area (Å²) in [6.45, 7) is 11.6. The lowest BCUT2D eigenvalue weighted by molar-refractivity contribution is -0.171. The van der Waals surface area contributed by atoms with Crippen molar-refractivity contribution >= 4 is 0 Å². The van der Waals surface area contributed by atoms with Crippen LogP contribution in [0, 0.1) is 5.92 Å². The van der Waals surface area contributed by atoms with E-state index < -0.39 is 0 Å². The van der Waals surface area contributed by atoms with Crippen molar-refractivity contribution in [2.75, 3.05) is 33.5 Å². The van der Waals surface area contributed by atoms with Gasteiger partial charge in [-0.1, -0.05) is 13.8 Å². The molecule has 0 unspecified atom stereocenters. The average Bonchev–Trinajstić information content (AvgIpc) is 2.83. The molecule has 120 valence electrons. The van der Waals surface area contributed by atoms with Gasteiger partial charge in [0.1, 0.15) is 0 Å². The number of hydrogen-bond acceptors (Lipinski definition) is 5. The summed E-state index contributed by atoms with van der Waals surface area (Å²) in [6, 6.07) is 0.609. The predicted octanol–water partition coefficient (Wildman–Crippen LogP) is 2.03. The lowest BCUT2D eigenvalue weighted by atomic mass is 10.0. The lowest BCUT2D eigenvalue weighted by Gasteiger charge is -2.36. The van der Waals surface area contributed by atoms with Gasteiger partial charge in [-0.25, -0.2) is 10.4 Å². The Bertz CT molecular complexity index is 245. The van der Waals surface area contributed by atoms with Crippen LogP contribution in [0.5, 0.6) is 0 Å². The van der Waals surface area contributed by atoms with E-state index in [1.54, 1.807) is 7.11 Å². The van der Waals surface area contributed by atoms with Gasteiger partial charge in [-0.15, -0.1) is 0 Å². The molecule has 0 aromatic rings. The van der Waals surface area contributed by atoms with Gasteiger partial charge in [-0.05, 0) is 32.6 Å². The van der Waals surface area contributed by atoms with Crippen LogP contribution in [0.15, 0.2) is 0 Å². The van der Waals surface area contributed by atoms with Crippen molar-refractivity contribution in [3.63, 3.8) is 0 Å². The number of ether oxygens (including phenoxy) is 3. The van der Waals surface area contributed by atoms with E-state index in [9.17, 15) is 0 Å². The Hall–Kier alpha value is -0.200. The van der Waals surface area contributed by atoms with Crippen LogP contribution >= 0.6 is 0 Å². The summed E-state index contributed by atoms with van der Waals surface area (Å²) < 4.78 is 16.8. The van der Waals surface area contributed by atoms with Crippen LogP contribution in [0.1, 0.15) is 40.5 Å². The topological polar surface area (TPSA) is 43.0 Å². The predicted molar refractivity (Wildman–Crippen MR) is 80.4 cm³/mol. The second kappa shape index (κ2) is 9.68. The Morgan fingerprint density at radius 1 is 1.20 bits per heavy atom. The fourth-order valence-corrected chi connectivity index (χ4v) is 2.67.